The first-order chi connectivity index (χ1) is 7.77. The number of fused-ring (bicyclic) bond motifs is 1. The van der Waals surface area contributed by atoms with E-state index in [-0.39, 0.29) is 0 Å². The molecule has 1 aromatic carbocycles. The number of para-hydroxylation sites is 1. The summed E-state index contributed by atoms with van der Waals surface area (Å²) in [5, 5.41) is 14.5. The highest BCUT2D eigenvalue weighted by Gasteiger charge is 1.97. The van der Waals surface area contributed by atoms with Gasteiger partial charge in [-0.05, 0) is 12.1 Å². The molecule has 0 aliphatic carbocycles. The first kappa shape index (κ1) is 10.1. The van der Waals surface area contributed by atoms with Crippen LogP contribution in [0.5, 0.6) is 0 Å². The van der Waals surface area contributed by atoms with Crippen LogP contribution in [0.3, 0.4) is 0 Å². The molecule has 0 radical (unpaired) electrons. The van der Waals surface area contributed by atoms with E-state index in [1.54, 1.807) is 12.3 Å². The fourth-order valence-corrected chi connectivity index (χ4v) is 1.39. The standard InChI is InChI=1S/C11H9N3O2/c15-11(16)14-13-7-8-5-6-12-10-4-2-1-3-9(8)10/h1-7,14H,(H,15,16)/p-1/b13-7+. The average molecular weight is 214 g/mol. The smallest absolute Gasteiger partial charge is 0.155 e. The molecular weight excluding hydrogens is 206 g/mol. The molecule has 1 N–H and O–H groups in total. The summed E-state index contributed by atoms with van der Waals surface area (Å²) in [5.74, 6) is 0. The van der Waals surface area contributed by atoms with Crippen LogP contribution < -0.4 is 10.5 Å². The van der Waals surface area contributed by atoms with Gasteiger partial charge < -0.3 is 9.90 Å². The lowest BCUT2D eigenvalue weighted by Gasteiger charge is -2.01. The van der Waals surface area contributed by atoms with Gasteiger partial charge in [-0.15, -0.1) is 0 Å². The van der Waals surface area contributed by atoms with Gasteiger partial charge in [0.15, 0.2) is 6.09 Å². The van der Waals surface area contributed by atoms with E-state index < -0.39 is 6.09 Å². The van der Waals surface area contributed by atoms with Gasteiger partial charge in [-0.1, -0.05) is 18.2 Å². The zero-order valence-corrected chi connectivity index (χ0v) is 8.25. The molecule has 1 aromatic heterocycles. The number of hydrogen-bond donors (Lipinski definition) is 1. The summed E-state index contributed by atoms with van der Waals surface area (Å²) in [5.41, 5.74) is 3.44. The summed E-state index contributed by atoms with van der Waals surface area (Å²) in [6, 6.07) is 9.29. The number of rotatable bonds is 2. The molecule has 1 heterocycles. The largest absolute Gasteiger partial charge is 0.529 e. The average Bonchev–Trinajstić information content (AvgIpc) is 2.29. The van der Waals surface area contributed by atoms with Gasteiger partial charge in [0.25, 0.3) is 0 Å². The lowest BCUT2D eigenvalue weighted by atomic mass is 10.1. The summed E-state index contributed by atoms with van der Waals surface area (Å²) >= 11 is 0. The van der Waals surface area contributed by atoms with Crippen LogP contribution in [0, 0.1) is 0 Å². The van der Waals surface area contributed by atoms with Crippen LogP contribution in [0.15, 0.2) is 41.6 Å². The Balaban J connectivity index is 2.37. The number of carboxylic acid groups (broad SMARTS) is 1. The quantitative estimate of drug-likeness (QED) is 0.584. The van der Waals surface area contributed by atoms with Crippen LogP contribution in [0.4, 0.5) is 4.79 Å². The second-order valence-electron chi connectivity index (χ2n) is 3.07. The fraction of sp³-hybridized carbons (Fsp3) is 0. The molecule has 0 aliphatic heterocycles. The Morgan fingerprint density at radius 3 is 3.00 bits per heavy atom. The SMILES string of the molecule is O=C([O-])N/N=C/c1ccnc2ccccc12. The first-order valence-corrected chi connectivity index (χ1v) is 4.61. The number of carbonyl (C=O) groups is 1. The molecule has 1 amide bonds. The summed E-state index contributed by atoms with van der Waals surface area (Å²) < 4.78 is 0. The van der Waals surface area contributed by atoms with Crippen molar-refractivity contribution in [3.8, 4) is 0 Å². The zero-order chi connectivity index (χ0) is 11.4. The van der Waals surface area contributed by atoms with E-state index in [4.69, 9.17) is 0 Å². The number of amides is 1. The van der Waals surface area contributed by atoms with Crippen LogP contribution >= 0.6 is 0 Å². The van der Waals surface area contributed by atoms with Gasteiger partial charge >= 0.3 is 0 Å². The monoisotopic (exact) mass is 214 g/mol. The molecule has 16 heavy (non-hydrogen) atoms. The van der Waals surface area contributed by atoms with Gasteiger partial charge in [0.1, 0.15) is 0 Å². The number of carbonyl (C=O) groups excluding carboxylic acids is 1. The van der Waals surface area contributed by atoms with Crippen molar-refractivity contribution >= 4 is 23.2 Å². The lowest BCUT2D eigenvalue weighted by Crippen LogP contribution is -2.32. The number of benzene rings is 1. The van der Waals surface area contributed by atoms with E-state index in [0.717, 1.165) is 16.5 Å². The van der Waals surface area contributed by atoms with E-state index in [1.165, 1.54) is 6.21 Å². The summed E-state index contributed by atoms with van der Waals surface area (Å²) in [4.78, 5) is 14.3. The third kappa shape index (κ3) is 2.14. The van der Waals surface area contributed by atoms with Gasteiger partial charge in [0.05, 0.1) is 11.7 Å². The Bertz CT molecular complexity index is 546. The molecule has 5 nitrogen and oxygen atoms in total. The second-order valence-corrected chi connectivity index (χ2v) is 3.07. The van der Waals surface area contributed by atoms with Crippen LogP contribution in [0.25, 0.3) is 10.9 Å². The maximum atomic E-state index is 10.1. The fourth-order valence-electron chi connectivity index (χ4n) is 1.39. The molecule has 0 saturated carbocycles. The minimum atomic E-state index is -1.44. The van der Waals surface area contributed by atoms with E-state index in [9.17, 15) is 9.90 Å². The molecule has 0 spiro atoms. The predicted molar refractivity (Wildman–Crippen MR) is 57.9 cm³/mol. The summed E-state index contributed by atoms with van der Waals surface area (Å²) in [7, 11) is 0. The Kier molecular flexibility index (Phi) is 2.77. The molecule has 0 atom stereocenters. The van der Waals surface area contributed by atoms with Crippen LogP contribution in [-0.4, -0.2) is 17.3 Å². The zero-order valence-electron chi connectivity index (χ0n) is 8.25. The minimum absolute atomic E-state index is 0.791. The van der Waals surface area contributed by atoms with Crippen molar-refractivity contribution in [1.82, 2.24) is 10.4 Å². The number of hydrazone groups is 1. The van der Waals surface area contributed by atoms with Crippen LogP contribution in [0.1, 0.15) is 5.56 Å². The summed E-state index contributed by atoms with van der Waals surface area (Å²) in [6.45, 7) is 0. The van der Waals surface area contributed by atoms with Gasteiger partial charge in [0.2, 0.25) is 0 Å². The van der Waals surface area contributed by atoms with Gasteiger partial charge in [-0.2, -0.15) is 5.10 Å². The summed E-state index contributed by atoms with van der Waals surface area (Å²) in [6.07, 6.45) is 1.62. The Labute approximate surface area is 91.4 Å². The Hall–Kier alpha value is -2.43. The molecule has 2 aromatic rings. The third-order valence-electron chi connectivity index (χ3n) is 2.04. The molecule has 0 unspecified atom stereocenters. The van der Waals surface area contributed by atoms with E-state index >= 15 is 0 Å². The molecule has 0 bridgehead atoms. The highest BCUT2D eigenvalue weighted by Crippen LogP contribution is 2.13. The number of hydrogen-bond acceptors (Lipinski definition) is 4. The number of nitrogens with one attached hydrogen (secondary N) is 1. The van der Waals surface area contributed by atoms with Crippen molar-refractivity contribution in [2.24, 2.45) is 5.10 Å². The van der Waals surface area contributed by atoms with Crippen molar-refractivity contribution in [2.45, 2.75) is 0 Å². The molecule has 0 fully saturated rings. The Morgan fingerprint density at radius 1 is 1.38 bits per heavy atom. The van der Waals surface area contributed by atoms with Crippen molar-refractivity contribution in [3.05, 3.63) is 42.1 Å². The molecule has 0 saturated heterocycles. The van der Waals surface area contributed by atoms with Gasteiger partial charge in [-0.3, -0.25) is 10.4 Å². The molecule has 80 valence electrons. The highest BCUT2D eigenvalue weighted by molar-refractivity contribution is 5.98. The number of pyridine rings is 1. The topological polar surface area (TPSA) is 77.4 Å². The van der Waals surface area contributed by atoms with Crippen molar-refractivity contribution in [2.75, 3.05) is 0 Å². The van der Waals surface area contributed by atoms with Gasteiger partial charge in [-0.25, -0.2) is 0 Å². The van der Waals surface area contributed by atoms with E-state index in [2.05, 4.69) is 10.1 Å². The molecule has 2 rings (SSSR count). The van der Waals surface area contributed by atoms with Crippen LogP contribution in [0.2, 0.25) is 0 Å². The maximum absolute atomic E-state index is 10.1. The minimum Gasteiger partial charge on any atom is -0.529 e. The van der Waals surface area contributed by atoms with E-state index in [0.29, 0.717) is 0 Å². The number of aromatic nitrogens is 1. The predicted octanol–water partition coefficient (Wildman–Crippen LogP) is 0.502. The van der Waals surface area contributed by atoms with Crippen molar-refractivity contribution < 1.29 is 9.90 Å². The van der Waals surface area contributed by atoms with E-state index in [1.807, 2.05) is 29.7 Å². The maximum Gasteiger partial charge on any atom is 0.155 e. The number of nitrogens with zero attached hydrogens (tertiary/aromatic N) is 2. The second kappa shape index (κ2) is 4.39. The van der Waals surface area contributed by atoms with Gasteiger partial charge in [0, 0.05) is 17.1 Å². The van der Waals surface area contributed by atoms with Crippen molar-refractivity contribution in [3.63, 3.8) is 0 Å². The highest BCUT2D eigenvalue weighted by atomic mass is 16.4. The van der Waals surface area contributed by atoms with Crippen molar-refractivity contribution in [1.29, 1.82) is 0 Å². The lowest BCUT2D eigenvalue weighted by molar-refractivity contribution is -0.250. The first-order valence-electron chi connectivity index (χ1n) is 4.61. The molecule has 0 aliphatic rings. The molecular formula is C11H8N3O2-. The van der Waals surface area contributed by atoms with Crippen LogP contribution in [-0.2, 0) is 0 Å². The Morgan fingerprint density at radius 2 is 2.19 bits per heavy atom. The molecule has 5 heteroatoms. The third-order valence-corrected chi connectivity index (χ3v) is 2.04. The normalized spacial score (nSPS) is 10.8.